The molecule has 7 heteroatoms. The zero-order valence-electron chi connectivity index (χ0n) is 13.7. The smallest absolute Gasteiger partial charge is 0.407 e. The lowest BCUT2D eigenvalue weighted by Gasteiger charge is -2.27. The summed E-state index contributed by atoms with van der Waals surface area (Å²) >= 11 is 1.06. The maximum atomic E-state index is 14.6. The number of benzene rings is 1. The standard InChI is InChI=1S/C16H23FN2O3S/c1-10(2)13(14(17)23-12-8-6-5-7-9-12)19-15(20)11(3)18-16(21)22-4/h5-11,13-14H,1-4H3,(H,18,21)(H,19,20)/t11-,13-,14?/m0/s1. The number of methoxy groups -OCH3 is 1. The summed E-state index contributed by atoms with van der Waals surface area (Å²) in [5.41, 5.74) is -1.30. The van der Waals surface area contributed by atoms with Gasteiger partial charge in [0.2, 0.25) is 5.91 Å². The van der Waals surface area contributed by atoms with E-state index in [1.807, 2.05) is 44.2 Å². The van der Waals surface area contributed by atoms with Gasteiger partial charge in [-0.2, -0.15) is 0 Å². The Morgan fingerprint density at radius 2 is 1.74 bits per heavy atom. The highest BCUT2D eigenvalue weighted by atomic mass is 32.2. The Hall–Kier alpha value is -1.76. The van der Waals surface area contributed by atoms with Crippen molar-refractivity contribution in [1.82, 2.24) is 10.6 Å². The number of thioether (sulfide) groups is 1. The minimum absolute atomic E-state index is 0.101. The van der Waals surface area contributed by atoms with Gasteiger partial charge in [-0.3, -0.25) is 4.79 Å². The maximum Gasteiger partial charge on any atom is 0.407 e. The number of alkyl halides is 1. The zero-order valence-corrected chi connectivity index (χ0v) is 14.5. The Bertz CT molecular complexity index is 513. The molecule has 3 atom stereocenters. The molecule has 2 amide bonds. The topological polar surface area (TPSA) is 67.4 Å². The fraction of sp³-hybridized carbons (Fsp3) is 0.500. The molecule has 1 unspecified atom stereocenters. The molecule has 2 N–H and O–H groups in total. The van der Waals surface area contributed by atoms with Crippen LogP contribution in [0.1, 0.15) is 20.8 Å². The Kier molecular flexibility index (Phi) is 7.88. The lowest BCUT2D eigenvalue weighted by molar-refractivity contribution is -0.123. The lowest BCUT2D eigenvalue weighted by Crippen LogP contribution is -2.51. The van der Waals surface area contributed by atoms with Crippen LogP contribution in [-0.2, 0) is 9.53 Å². The summed E-state index contributed by atoms with van der Waals surface area (Å²) in [6.07, 6.45) is -0.704. The predicted molar refractivity (Wildman–Crippen MR) is 89.0 cm³/mol. The van der Waals surface area contributed by atoms with Crippen LogP contribution in [0.4, 0.5) is 9.18 Å². The van der Waals surface area contributed by atoms with E-state index in [1.165, 1.54) is 14.0 Å². The third kappa shape index (κ3) is 6.48. The van der Waals surface area contributed by atoms with E-state index in [2.05, 4.69) is 15.4 Å². The van der Waals surface area contributed by atoms with Gasteiger partial charge in [0, 0.05) is 4.90 Å². The van der Waals surface area contributed by atoms with Crippen molar-refractivity contribution in [2.45, 2.75) is 43.3 Å². The van der Waals surface area contributed by atoms with E-state index in [0.717, 1.165) is 16.7 Å². The molecular formula is C16H23FN2O3S. The fourth-order valence-electron chi connectivity index (χ4n) is 1.83. The molecule has 0 fully saturated rings. The first-order valence-electron chi connectivity index (χ1n) is 7.35. The van der Waals surface area contributed by atoms with E-state index in [0.29, 0.717) is 0 Å². The first-order valence-corrected chi connectivity index (χ1v) is 8.23. The number of rotatable bonds is 7. The first-order chi connectivity index (χ1) is 10.8. The lowest BCUT2D eigenvalue weighted by atomic mass is 10.1. The van der Waals surface area contributed by atoms with Crippen molar-refractivity contribution in [2.24, 2.45) is 5.92 Å². The molecule has 0 heterocycles. The molecule has 0 bridgehead atoms. The number of ether oxygens (including phenoxy) is 1. The van der Waals surface area contributed by atoms with Gasteiger partial charge in [0.15, 0.2) is 5.50 Å². The van der Waals surface area contributed by atoms with Crippen molar-refractivity contribution >= 4 is 23.8 Å². The maximum absolute atomic E-state index is 14.6. The average Bonchev–Trinajstić information content (AvgIpc) is 2.52. The number of carbonyl (C=O) groups excluding carboxylic acids is 2. The third-order valence-electron chi connectivity index (χ3n) is 3.21. The highest BCUT2D eigenvalue weighted by Crippen LogP contribution is 2.28. The van der Waals surface area contributed by atoms with E-state index in [-0.39, 0.29) is 5.92 Å². The summed E-state index contributed by atoms with van der Waals surface area (Å²) in [5, 5.41) is 5.02. The Labute approximate surface area is 140 Å². The second kappa shape index (κ2) is 9.39. The Balaban J connectivity index is 2.67. The summed E-state index contributed by atoms with van der Waals surface area (Å²) < 4.78 is 19.0. The molecule has 0 aliphatic carbocycles. The third-order valence-corrected chi connectivity index (χ3v) is 4.28. The average molecular weight is 342 g/mol. The number of hydrogen-bond acceptors (Lipinski definition) is 4. The number of halogens is 1. The monoisotopic (exact) mass is 342 g/mol. The predicted octanol–water partition coefficient (Wildman–Crippen LogP) is 2.96. The zero-order chi connectivity index (χ0) is 17.4. The van der Waals surface area contributed by atoms with Crippen LogP contribution in [0.25, 0.3) is 0 Å². The van der Waals surface area contributed by atoms with Crippen LogP contribution in [0.15, 0.2) is 35.2 Å². The van der Waals surface area contributed by atoms with E-state index < -0.39 is 29.6 Å². The van der Waals surface area contributed by atoms with Crippen LogP contribution < -0.4 is 10.6 Å². The SMILES string of the molecule is COC(=O)N[C@@H](C)C(=O)N[C@@H](C(C)C)C(F)Sc1ccccc1. The Morgan fingerprint density at radius 3 is 2.26 bits per heavy atom. The van der Waals surface area contributed by atoms with Gasteiger partial charge in [-0.05, 0) is 25.0 Å². The van der Waals surface area contributed by atoms with Gasteiger partial charge in [-0.25, -0.2) is 9.18 Å². The summed E-state index contributed by atoms with van der Waals surface area (Å²) in [7, 11) is 1.21. The number of alkyl carbamates (subject to hydrolysis) is 1. The van der Waals surface area contributed by atoms with Crippen molar-refractivity contribution in [1.29, 1.82) is 0 Å². The number of hydrogen-bond donors (Lipinski definition) is 2. The fourth-order valence-corrected chi connectivity index (χ4v) is 2.93. The second-order valence-electron chi connectivity index (χ2n) is 5.42. The minimum Gasteiger partial charge on any atom is -0.453 e. The molecule has 1 rings (SSSR count). The molecule has 0 radical (unpaired) electrons. The van der Waals surface area contributed by atoms with Crippen molar-refractivity contribution in [3.8, 4) is 0 Å². The van der Waals surface area contributed by atoms with Crippen molar-refractivity contribution in [2.75, 3.05) is 7.11 Å². The normalized spacial score (nSPS) is 14.7. The number of nitrogens with one attached hydrogen (secondary N) is 2. The van der Waals surface area contributed by atoms with Crippen molar-refractivity contribution in [3.05, 3.63) is 30.3 Å². The van der Waals surface area contributed by atoms with Crippen LogP contribution in [-0.4, -0.2) is 36.7 Å². The van der Waals surface area contributed by atoms with Gasteiger partial charge in [0.25, 0.3) is 0 Å². The second-order valence-corrected chi connectivity index (χ2v) is 6.58. The molecule has 1 aromatic carbocycles. The van der Waals surface area contributed by atoms with Crippen LogP contribution >= 0.6 is 11.8 Å². The van der Waals surface area contributed by atoms with Gasteiger partial charge >= 0.3 is 6.09 Å². The molecule has 0 spiro atoms. The van der Waals surface area contributed by atoms with Crippen LogP contribution in [0.3, 0.4) is 0 Å². The molecule has 5 nitrogen and oxygen atoms in total. The molecular weight excluding hydrogens is 319 g/mol. The van der Waals surface area contributed by atoms with E-state index >= 15 is 0 Å². The van der Waals surface area contributed by atoms with Gasteiger partial charge in [-0.15, -0.1) is 0 Å². The summed E-state index contributed by atoms with van der Waals surface area (Å²) in [6.45, 7) is 5.18. The first kappa shape index (κ1) is 19.3. The number of amides is 2. The van der Waals surface area contributed by atoms with E-state index in [1.54, 1.807) is 0 Å². The van der Waals surface area contributed by atoms with E-state index in [9.17, 15) is 14.0 Å². The van der Waals surface area contributed by atoms with Gasteiger partial charge in [0.1, 0.15) is 6.04 Å². The Morgan fingerprint density at radius 1 is 1.13 bits per heavy atom. The molecule has 0 aliphatic heterocycles. The summed E-state index contributed by atoms with van der Waals surface area (Å²) in [6, 6.07) is 7.68. The molecule has 23 heavy (non-hydrogen) atoms. The van der Waals surface area contributed by atoms with Crippen LogP contribution in [0.2, 0.25) is 0 Å². The quantitative estimate of drug-likeness (QED) is 0.748. The summed E-state index contributed by atoms with van der Waals surface area (Å²) in [4.78, 5) is 24.0. The summed E-state index contributed by atoms with van der Waals surface area (Å²) in [5.74, 6) is -0.555. The largest absolute Gasteiger partial charge is 0.453 e. The van der Waals surface area contributed by atoms with Crippen molar-refractivity contribution < 1.29 is 18.7 Å². The van der Waals surface area contributed by atoms with Crippen LogP contribution in [0.5, 0.6) is 0 Å². The van der Waals surface area contributed by atoms with Gasteiger partial charge in [-0.1, -0.05) is 43.8 Å². The molecule has 1 aromatic rings. The van der Waals surface area contributed by atoms with Crippen molar-refractivity contribution in [3.63, 3.8) is 0 Å². The number of carbonyl (C=O) groups is 2. The molecule has 0 saturated carbocycles. The van der Waals surface area contributed by atoms with Gasteiger partial charge < -0.3 is 15.4 Å². The molecule has 0 aromatic heterocycles. The highest BCUT2D eigenvalue weighted by molar-refractivity contribution is 7.99. The molecule has 0 aliphatic rings. The minimum atomic E-state index is -1.30. The van der Waals surface area contributed by atoms with Gasteiger partial charge in [0.05, 0.1) is 13.2 Å². The van der Waals surface area contributed by atoms with Crippen LogP contribution in [0, 0.1) is 5.92 Å². The van der Waals surface area contributed by atoms with E-state index in [4.69, 9.17) is 0 Å². The highest BCUT2D eigenvalue weighted by Gasteiger charge is 2.29. The molecule has 0 saturated heterocycles. The molecule has 128 valence electrons.